The van der Waals surface area contributed by atoms with Crippen LogP contribution in [-0.2, 0) is 11.3 Å². The lowest BCUT2D eigenvalue weighted by Crippen LogP contribution is -2.37. The van der Waals surface area contributed by atoms with E-state index in [1.165, 1.54) is 24.3 Å². The fourth-order valence-electron chi connectivity index (χ4n) is 4.70. The predicted octanol–water partition coefficient (Wildman–Crippen LogP) is 6.39. The third-order valence-corrected chi connectivity index (χ3v) is 6.87. The lowest BCUT2D eigenvalue weighted by atomic mass is 9.80. The molecule has 0 radical (unpaired) electrons. The molecule has 1 unspecified atom stereocenters. The molecule has 0 saturated heterocycles. The lowest BCUT2D eigenvalue weighted by molar-refractivity contribution is 0.230. The maximum atomic E-state index is 13.7. The molecule has 4 nitrogen and oxygen atoms in total. The van der Waals surface area contributed by atoms with Crippen molar-refractivity contribution in [1.82, 2.24) is 4.90 Å². The molecule has 2 heterocycles. The summed E-state index contributed by atoms with van der Waals surface area (Å²) in [5.41, 5.74) is 11.0. The number of ether oxygens (including phenoxy) is 1. The summed E-state index contributed by atoms with van der Waals surface area (Å²) in [4.78, 5) is 2.26. The zero-order valence-electron chi connectivity index (χ0n) is 19.2. The Morgan fingerprint density at radius 2 is 1.61 bits per heavy atom. The van der Waals surface area contributed by atoms with E-state index in [1.54, 1.807) is 24.3 Å². The molecule has 3 aromatic carbocycles. The lowest BCUT2D eigenvalue weighted by Gasteiger charge is -2.38. The van der Waals surface area contributed by atoms with E-state index in [0.717, 1.165) is 32.3 Å². The molecule has 5 rings (SSSR count). The van der Waals surface area contributed by atoms with E-state index in [2.05, 4.69) is 39.0 Å². The van der Waals surface area contributed by atoms with Crippen LogP contribution in [-0.4, -0.2) is 18.0 Å². The van der Waals surface area contributed by atoms with E-state index in [4.69, 9.17) is 10.5 Å². The van der Waals surface area contributed by atoms with Crippen molar-refractivity contribution < 1.29 is 13.5 Å². The van der Waals surface area contributed by atoms with Crippen LogP contribution in [0.25, 0.3) is 6.08 Å². The second-order valence-corrected chi connectivity index (χ2v) is 9.74. The van der Waals surface area contributed by atoms with Crippen LogP contribution >= 0.6 is 15.9 Å². The van der Waals surface area contributed by atoms with Gasteiger partial charge in [0.15, 0.2) is 0 Å². The first kappa shape index (κ1) is 24.0. The Morgan fingerprint density at radius 1 is 0.972 bits per heavy atom. The van der Waals surface area contributed by atoms with Gasteiger partial charge in [0.1, 0.15) is 29.0 Å². The summed E-state index contributed by atoms with van der Waals surface area (Å²) in [6.45, 7) is 1.77. The van der Waals surface area contributed by atoms with Gasteiger partial charge in [-0.25, -0.2) is 8.78 Å². The summed E-state index contributed by atoms with van der Waals surface area (Å²) in [6.07, 6.45) is 1.95. The second kappa shape index (κ2) is 10.1. The molecule has 1 atom stereocenters. The molecule has 0 aromatic heterocycles. The van der Waals surface area contributed by atoms with Crippen LogP contribution in [0.3, 0.4) is 0 Å². The maximum Gasteiger partial charge on any atom is 0.205 e. The smallest absolute Gasteiger partial charge is 0.205 e. The first-order valence-corrected chi connectivity index (χ1v) is 12.2. The summed E-state index contributed by atoms with van der Waals surface area (Å²) in [5.74, 6) is -0.487. The minimum Gasteiger partial charge on any atom is -0.440 e. The topological polar surface area (TPSA) is 62.3 Å². The molecule has 0 amide bonds. The van der Waals surface area contributed by atoms with E-state index in [1.807, 2.05) is 18.2 Å². The number of hydrogen-bond donors (Lipinski definition) is 1. The Labute approximate surface area is 216 Å². The summed E-state index contributed by atoms with van der Waals surface area (Å²) in [7, 11) is 0. The summed E-state index contributed by atoms with van der Waals surface area (Å²) < 4.78 is 34.3. The van der Waals surface area contributed by atoms with Gasteiger partial charge in [0.2, 0.25) is 5.88 Å². The number of hydrogen-bond acceptors (Lipinski definition) is 4. The summed E-state index contributed by atoms with van der Waals surface area (Å²) in [6, 6.07) is 22.7. The van der Waals surface area contributed by atoms with Crippen LogP contribution in [0.1, 0.15) is 22.6 Å². The van der Waals surface area contributed by atoms with Crippen molar-refractivity contribution in [1.29, 1.82) is 5.26 Å². The second-order valence-electron chi connectivity index (χ2n) is 8.82. The molecule has 7 heteroatoms. The van der Waals surface area contributed by atoms with E-state index in [9.17, 15) is 14.0 Å². The van der Waals surface area contributed by atoms with E-state index in [0.29, 0.717) is 31.0 Å². The van der Waals surface area contributed by atoms with Crippen molar-refractivity contribution in [2.45, 2.75) is 12.5 Å². The zero-order valence-corrected chi connectivity index (χ0v) is 20.8. The normalized spacial score (nSPS) is 19.2. The first-order chi connectivity index (χ1) is 17.4. The minimum atomic E-state index is -0.469. The van der Waals surface area contributed by atoms with Crippen LogP contribution < -0.4 is 5.73 Å². The molecule has 0 aliphatic carbocycles. The SMILES string of the molecule is N#CC1=C(N)OC2=C(CN(Cc3ccc(Br)cc3)C/C2=C/c2ccc(F)cc2)C1c1ccc(F)cc1. The van der Waals surface area contributed by atoms with Crippen LogP contribution in [0, 0.1) is 23.0 Å². The molecule has 0 fully saturated rings. The number of nitriles is 1. The Morgan fingerprint density at radius 3 is 2.25 bits per heavy atom. The molecule has 0 spiro atoms. The molecular formula is C29H22BrF2N3O. The Hall–Kier alpha value is -3.73. The Bertz CT molecular complexity index is 1420. The molecule has 3 aromatic rings. The first-order valence-electron chi connectivity index (χ1n) is 11.4. The van der Waals surface area contributed by atoms with E-state index < -0.39 is 5.92 Å². The van der Waals surface area contributed by atoms with Crippen LogP contribution in [0.15, 0.2) is 106 Å². The molecule has 36 heavy (non-hydrogen) atoms. The largest absolute Gasteiger partial charge is 0.440 e. The monoisotopic (exact) mass is 545 g/mol. The number of nitrogens with zero attached hydrogens (tertiary/aromatic N) is 2. The van der Waals surface area contributed by atoms with Crippen LogP contribution in [0.4, 0.5) is 8.78 Å². The Balaban J connectivity index is 1.61. The predicted molar refractivity (Wildman–Crippen MR) is 138 cm³/mol. The van der Waals surface area contributed by atoms with Crippen molar-refractivity contribution in [3.05, 3.63) is 134 Å². The molecule has 0 bridgehead atoms. The van der Waals surface area contributed by atoms with Crippen LogP contribution in [0.5, 0.6) is 0 Å². The van der Waals surface area contributed by atoms with Gasteiger partial charge in [0, 0.05) is 29.7 Å². The average Bonchev–Trinajstić information content (AvgIpc) is 2.87. The van der Waals surface area contributed by atoms with Gasteiger partial charge in [-0.3, -0.25) is 4.90 Å². The maximum absolute atomic E-state index is 13.7. The highest BCUT2D eigenvalue weighted by Gasteiger charge is 2.37. The van der Waals surface area contributed by atoms with Gasteiger partial charge in [-0.05, 0) is 64.7 Å². The van der Waals surface area contributed by atoms with Crippen molar-refractivity contribution in [3.8, 4) is 6.07 Å². The third-order valence-electron chi connectivity index (χ3n) is 6.34. The van der Waals surface area contributed by atoms with Crippen LogP contribution in [0.2, 0.25) is 0 Å². The van der Waals surface area contributed by atoms with Gasteiger partial charge in [-0.2, -0.15) is 5.26 Å². The van der Waals surface area contributed by atoms with Crippen molar-refractivity contribution in [3.63, 3.8) is 0 Å². The van der Waals surface area contributed by atoms with Crippen molar-refractivity contribution in [2.75, 3.05) is 13.1 Å². The Kier molecular flexibility index (Phi) is 6.73. The molecular weight excluding hydrogens is 524 g/mol. The van der Waals surface area contributed by atoms with Crippen molar-refractivity contribution in [2.24, 2.45) is 5.73 Å². The zero-order chi connectivity index (χ0) is 25.2. The highest BCUT2D eigenvalue weighted by atomic mass is 79.9. The number of nitrogens with two attached hydrogens (primary N) is 1. The quantitative estimate of drug-likeness (QED) is 0.412. The number of halogens is 3. The average molecular weight is 546 g/mol. The number of rotatable bonds is 4. The highest BCUT2D eigenvalue weighted by molar-refractivity contribution is 9.10. The van der Waals surface area contributed by atoms with E-state index in [-0.39, 0.29) is 17.5 Å². The van der Waals surface area contributed by atoms with Crippen molar-refractivity contribution >= 4 is 22.0 Å². The third kappa shape index (κ3) is 4.97. The molecule has 2 aliphatic heterocycles. The number of benzene rings is 3. The van der Waals surface area contributed by atoms with Gasteiger partial charge in [-0.15, -0.1) is 0 Å². The molecule has 2 aliphatic rings. The standard InChI is InChI=1S/C29H22BrF2N3O/c30-22-7-1-19(2-8-22)15-35-16-21(13-18-3-9-23(31)10-4-18)28-26(17-35)27(25(14-33)29(34)36-28)20-5-11-24(32)12-6-20/h1-13,27H,15-17,34H2/b21-13-. The van der Waals surface area contributed by atoms with Gasteiger partial charge in [0.05, 0.1) is 5.92 Å². The van der Waals surface area contributed by atoms with Gasteiger partial charge >= 0.3 is 0 Å². The summed E-state index contributed by atoms with van der Waals surface area (Å²) in [5, 5.41) is 9.96. The molecule has 180 valence electrons. The number of allylic oxidation sites excluding steroid dienone is 1. The fourth-order valence-corrected chi connectivity index (χ4v) is 4.96. The fraction of sp³-hybridized carbons (Fsp3) is 0.138. The minimum absolute atomic E-state index is 0.0388. The highest BCUT2D eigenvalue weighted by Crippen LogP contribution is 2.44. The van der Waals surface area contributed by atoms with Gasteiger partial charge in [-0.1, -0.05) is 52.3 Å². The van der Waals surface area contributed by atoms with Gasteiger partial charge < -0.3 is 10.5 Å². The molecule has 0 saturated carbocycles. The summed E-state index contributed by atoms with van der Waals surface area (Å²) >= 11 is 3.48. The van der Waals surface area contributed by atoms with E-state index >= 15 is 0 Å². The molecule has 2 N–H and O–H groups in total. The van der Waals surface area contributed by atoms with Gasteiger partial charge in [0.25, 0.3) is 0 Å².